The second-order valence-corrected chi connectivity index (χ2v) is 7.01. The molecule has 1 aliphatic heterocycles. The van der Waals surface area contributed by atoms with Gasteiger partial charge in [0, 0.05) is 37.8 Å². The van der Waals surface area contributed by atoms with Crippen LogP contribution in [0.4, 0.5) is 5.82 Å². The number of amides is 1. The third-order valence-electron chi connectivity index (χ3n) is 4.89. The summed E-state index contributed by atoms with van der Waals surface area (Å²) in [5.41, 5.74) is 2.01. The topological polar surface area (TPSA) is 67.2 Å². The van der Waals surface area contributed by atoms with Gasteiger partial charge in [-0.05, 0) is 39.2 Å². The summed E-state index contributed by atoms with van der Waals surface area (Å²) < 4.78 is 1.83. The van der Waals surface area contributed by atoms with E-state index in [-0.39, 0.29) is 0 Å². The van der Waals surface area contributed by atoms with Crippen LogP contribution in [0.25, 0.3) is 5.82 Å². The van der Waals surface area contributed by atoms with Crippen LogP contribution in [0.3, 0.4) is 0 Å². The molecule has 4 rings (SSSR count). The van der Waals surface area contributed by atoms with Crippen LogP contribution in [0, 0.1) is 19.8 Å². The van der Waals surface area contributed by atoms with Crippen LogP contribution < -0.4 is 4.90 Å². The van der Waals surface area contributed by atoms with Crippen LogP contribution in [-0.4, -0.2) is 56.7 Å². The van der Waals surface area contributed by atoms with Crippen molar-refractivity contribution in [1.29, 1.82) is 0 Å². The molecule has 3 heterocycles. The van der Waals surface area contributed by atoms with Gasteiger partial charge in [-0.1, -0.05) is 0 Å². The number of anilines is 1. The molecule has 2 fully saturated rings. The molecular weight excluding hydrogens is 316 g/mol. The van der Waals surface area contributed by atoms with E-state index in [1.807, 2.05) is 29.5 Å². The van der Waals surface area contributed by atoms with Crippen LogP contribution in [-0.2, 0) is 4.79 Å². The summed E-state index contributed by atoms with van der Waals surface area (Å²) in [6, 6.07) is 2.03. The second kappa shape index (κ2) is 6.46. The first-order chi connectivity index (χ1) is 12.1. The minimum atomic E-state index is 0.292. The molecule has 2 aliphatic rings. The predicted molar refractivity (Wildman–Crippen MR) is 94.8 cm³/mol. The Hall–Kier alpha value is -2.44. The van der Waals surface area contributed by atoms with Gasteiger partial charge in [0.05, 0.1) is 18.1 Å². The quantitative estimate of drug-likeness (QED) is 0.851. The Balaban J connectivity index is 1.51. The fourth-order valence-corrected chi connectivity index (χ4v) is 3.42. The Bertz CT molecular complexity index is 782. The molecule has 7 heteroatoms. The van der Waals surface area contributed by atoms with Gasteiger partial charge in [0.1, 0.15) is 5.82 Å². The summed E-state index contributed by atoms with van der Waals surface area (Å²) in [4.78, 5) is 25.7. The number of nitrogens with zero attached hydrogens (tertiary/aromatic N) is 6. The molecule has 132 valence electrons. The SMILES string of the molecule is Cc1cc(C)n(-c2cncc(N3CCCN(C(=O)C4CC4)CC3)n2)n1. The van der Waals surface area contributed by atoms with Crippen molar-refractivity contribution in [2.24, 2.45) is 5.92 Å². The van der Waals surface area contributed by atoms with Crippen molar-refractivity contribution in [3.8, 4) is 5.82 Å². The molecule has 0 atom stereocenters. The van der Waals surface area contributed by atoms with E-state index in [4.69, 9.17) is 4.98 Å². The van der Waals surface area contributed by atoms with Gasteiger partial charge in [-0.3, -0.25) is 9.78 Å². The van der Waals surface area contributed by atoms with Crippen LogP contribution in [0.5, 0.6) is 0 Å². The number of aryl methyl sites for hydroxylation is 2. The standard InChI is InChI=1S/C18H24N6O/c1-13-10-14(2)24(21-13)17-12-19-11-16(20-17)22-6-3-7-23(9-8-22)18(25)15-4-5-15/h10-12,15H,3-9H2,1-2H3. The van der Waals surface area contributed by atoms with E-state index in [0.29, 0.717) is 11.8 Å². The van der Waals surface area contributed by atoms with Gasteiger partial charge in [-0.2, -0.15) is 5.10 Å². The average Bonchev–Trinajstić information content (AvgIpc) is 3.42. The summed E-state index contributed by atoms with van der Waals surface area (Å²) in [5.74, 6) is 2.22. The molecule has 2 aromatic rings. The van der Waals surface area contributed by atoms with Crippen LogP contribution in [0.1, 0.15) is 30.7 Å². The molecule has 7 nitrogen and oxygen atoms in total. The van der Waals surface area contributed by atoms with Gasteiger partial charge in [0.25, 0.3) is 0 Å². The largest absolute Gasteiger partial charge is 0.353 e. The number of rotatable bonds is 3. The lowest BCUT2D eigenvalue weighted by atomic mass is 10.3. The van der Waals surface area contributed by atoms with Crippen molar-refractivity contribution in [2.45, 2.75) is 33.1 Å². The van der Waals surface area contributed by atoms with Crippen LogP contribution >= 0.6 is 0 Å². The van der Waals surface area contributed by atoms with Gasteiger partial charge in [0.2, 0.25) is 5.91 Å². The number of hydrogen-bond acceptors (Lipinski definition) is 5. The minimum absolute atomic E-state index is 0.292. The monoisotopic (exact) mass is 340 g/mol. The normalized spacial score (nSPS) is 18.3. The highest BCUT2D eigenvalue weighted by Crippen LogP contribution is 2.31. The second-order valence-electron chi connectivity index (χ2n) is 7.01. The molecular formula is C18H24N6O. The van der Waals surface area contributed by atoms with Crippen LogP contribution in [0.2, 0.25) is 0 Å². The Morgan fingerprint density at radius 2 is 1.88 bits per heavy atom. The van der Waals surface area contributed by atoms with E-state index in [1.165, 1.54) is 0 Å². The van der Waals surface area contributed by atoms with Crippen LogP contribution in [0.15, 0.2) is 18.5 Å². The van der Waals surface area contributed by atoms with Gasteiger partial charge < -0.3 is 9.80 Å². The highest BCUT2D eigenvalue weighted by Gasteiger charge is 2.34. The van der Waals surface area contributed by atoms with E-state index in [1.54, 1.807) is 12.4 Å². The molecule has 2 aromatic heterocycles. The summed E-state index contributed by atoms with van der Waals surface area (Å²) in [6.45, 7) is 7.29. The lowest BCUT2D eigenvalue weighted by molar-refractivity contribution is -0.132. The maximum Gasteiger partial charge on any atom is 0.225 e. The minimum Gasteiger partial charge on any atom is -0.353 e. The van der Waals surface area contributed by atoms with Crippen molar-refractivity contribution >= 4 is 11.7 Å². The van der Waals surface area contributed by atoms with E-state index in [2.05, 4.69) is 15.0 Å². The van der Waals surface area contributed by atoms with E-state index >= 15 is 0 Å². The van der Waals surface area contributed by atoms with E-state index in [0.717, 1.165) is 68.5 Å². The molecule has 1 saturated carbocycles. The smallest absolute Gasteiger partial charge is 0.225 e. The molecule has 1 aliphatic carbocycles. The highest BCUT2D eigenvalue weighted by molar-refractivity contribution is 5.81. The fourth-order valence-electron chi connectivity index (χ4n) is 3.42. The first kappa shape index (κ1) is 16.1. The summed E-state index contributed by atoms with van der Waals surface area (Å²) in [7, 11) is 0. The van der Waals surface area contributed by atoms with E-state index in [9.17, 15) is 4.79 Å². The Morgan fingerprint density at radius 3 is 2.60 bits per heavy atom. The average molecular weight is 340 g/mol. The predicted octanol–water partition coefficient (Wildman–Crippen LogP) is 1.73. The first-order valence-electron chi connectivity index (χ1n) is 9.01. The Labute approximate surface area is 147 Å². The summed E-state index contributed by atoms with van der Waals surface area (Å²) >= 11 is 0. The molecule has 0 aromatic carbocycles. The fraction of sp³-hybridized carbons (Fsp3) is 0.556. The molecule has 25 heavy (non-hydrogen) atoms. The van der Waals surface area contributed by atoms with Crippen molar-refractivity contribution < 1.29 is 4.79 Å². The number of aromatic nitrogens is 4. The summed E-state index contributed by atoms with van der Waals surface area (Å²) in [6.07, 6.45) is 6.63. The lowest BCUT2D eigenvalue weighted by Crippen LogP contribution is -2.36. The van der Waals surface area contributed by atoms with Gasteiger partial charge in [0.15, 0.2) is 5.82 Å². The van der Waals surface area contributed by atoms with Crippen molar-refractivity contribution in [3.63, 3.8) is 0 Å². The Kier molecular flexibility index (Phi) is 4.15. The molecule has 0 unspecified atom stereocenters. The zero-order chi connectivity index (χ0) is 17.4. The molecule has 1 amide bonds. The summed E-state index contributed by atoms with van der Waals surface area (Å²) in [5, 5.41) is 4.49. The van der Waals surface area contributed by atoms with Crippen molar-refractivity contribution in [2.75, 3.05) is 31.1 Å². The molecule has 0 radical (unpaired) electrons. The van der Waals surface area contributed by atoms with Gasteiger partial charge in [-0.25, -0.2) is 9.67 Å². The number of hydrogen-bond donors (Lipinski definition) is 0. The van der Waals surface area contributed by atoms with Gasteiger partial charge >= 0.3 is 0 Å². The maximum atomic E-state index is 12.3. The molecule has 0 bridgehead atoms. The van der Waals surface area contributed by atoms with Gasteiger partial charge in [-0.15, -0.1) is 0 Å². The third-order valence-corrected chi connectivity index (χ3v) is 4.89. The Morgan fingerprint density at radius 1 is 1.08 bits per heavy atom. The first-order valence-corrected chi connectivity index (χ1v) is 9.01. The molecule has 0 spiro atoms. The van der Waals surface area contributed by atoms with Crippen molar-refractivity contribution in [3.05, 3.63) is 29.8 Å². The molecule has 0 N–H and O–H groups in total. The molecule has 1 saturated heterocycles. The van der Waals surface area contributed by atoms with Crippen molar-refractivity contribution in [1.82, 2.24) is 24.6 Å². The number of carbonyl (C=O) groups excluding carboxylic acids is 1. The zero-order valence-corrected chi connectivity index (χ0v) is 14.9. The number of carbonyl (C=O) groups is 1. The third kappa shape index (κ3) is 3.36. The highest BCUT2D eigenvalue weighted by atomic mass is 16.2. The maximum absolute atomic E-state index is 12.3. The van der Waals surface area contributed by atoms with E-state index < -0.39 is 0 Å². The zero-order valence-electron chi connectivity index (χ0n) is 14.9. The lowest BCUT2D eigenvalue weighted by Gasteiger charge is -2.23.